The average Bonchev–Trinajstić information content (AvgIpc) is 3.63. The Kier molecular flexibility index (Phi) is 14.5. The normalized spacial score (nSPS) is 12.5. The minimum absolute atomic E-state index is 0.993. The molecule has 2 nitrogen and oxygen atoms in total. The van der Waals surface area contributed by atoms with Crippen molar-refractivity contribution in [1.29, 1.82) is 0 Å². The third-order valence-electron chi connectivity index (χ3n) is 7.86. The molecule has 274 valence electrons. The van der Waals surface area contributed by atoms with Crippen LogP contribution in [-0.4, -0.2) is 25.6 Å². The number of halogens is 15. The van der Waals surface area contributed by atoms with E-state index in [0.717, 1.165) is 13.1 Å². The summed E-state index contributed by atoms with van der Waals surface area (Å²) in [5.41, 5.74) is -8.03. The second-order valence-electron chi connectivity index (χ2n) is 11.2. The molecule has 1 N–H and O–H groups in total. The molecule has 1 heterocycles. The summed E-state index contributed by atoms with van der Waals surface area (Å²) in [4.78, 5) is 4.41. The molecule has 3 aromatic carbocycles. The summed E-state index contributed by atoms with van der Waals surface area (Å²) < 4.78 is 209. The van der Waals surface area contributed by atoms with Gasteiger partial charge >= 0.3 is 0 Å². The monoisotopic (exact) mass is 736 g/mol. The maximum atomic E-state index is 14.4. The molecule has 0 atom stereocenters. The molecule has 0 spiro atoms. The van der Waals surface area contributed by atoms with Crippen LogP contribution in [0.25, 0.3) is 0 Å². The molecule has 1 aliphatic rings. The molecule has 50 heavy (non-hydrogen) atoms. The van der Waals surface area contributed by atoms with E-state index in [4.69, 9.17) is 0 Å². The van der Waals surface area contributed by atoms with Crippen molar-refractivity contribution in [1.82, 2.24) is 5.32 Å². The van der Waals surface area contributed by atoms with E-state index >= 15 is 0 Å². The van der Waals surface area contributed by atoms with Crippen molar-refractivity contribution in [2.24, 2.45) is 4.99 Å². The van der Waals surface area contributed by atoms with Crippen LogP contribution in [0.4, 0.5) is 65.9 Å². The Labute approximate surface area is 276 Å². The van der Waals surface area contributed by atoms with Crippen molar-refractivity contribution >= 4 is 28.9 Å². The topological polar surface area (TPSA) is 24.4 Å². The highest BCUT2D eigenvalue weighted by Gasteiger charge is 2.45. The molecule has 0 amide bonds. The Morgan fingerprint density at radius 2 is 0.700 bits per heavy atom. The lowest BCUT2D eigenvalue weighted by molar-refractivity contribution is 0.380. The number of hydrogen-bond donors (Lipinski definition) is 1. The Morgan fingerprint density at radius 3 is 0.980 bits per heavy atom. The fraction of sp³-hybridized carbons (Fsp3) is 0.406. The molecule has 18 heteroatoms. The molecule has 0 radical (unpaired) electrons. The van der Waals surface area contributed by atoms with Crippen molar-refractivity contribution < 1.29 is 65.9 Å². The number of hydrogen-bond acceptors (Lipinski definition) is 2. The summed E-state index contributed by atoms with van der Waals surface area (Å²) in [7, 11) is 0. The van der Waals surface area contributed by atoms with Crippen molar-refractivity contribution in [2.75, 3.05) is 13.1 Å². The zero-order chi connectivity index (χ0) is 37.4. The number of benzene rings is 3. The van der Waals surface area contributed by atoms with Crippen LogP contribution in [0.5, 0.6) is 0 Å². The quantitative estimate of drug-likeness (QED) is 0.0619. The molecule has 3 aromatic rings. The zero-order valence-corrected chi connectivity index (χ0v) is 26.2. The van der Waals surface area contributed by atoms with Crippen LogP contribution >= 0.6 is 0 Å². The fourth-order valence-corrected chi connectivity index (χ4v) is 5.28. The number of rotatable bonds is 13. The van der Waals surface area contributed by atoms with Crippen molar-refractivity contribution in [3.63, 3.8) is 0 Å². The van der Waals surface area contributed by atoms with E-state index < -0.39 is 110 Å². The number of amidine groups is 1. The van der Waals surface area contributed by atoms with E-state index in [-0.39, 0.29) is 0 Å². The van der Waals surface area contributed by atoms with Crippen LogP contribution in [0.15, 0.2) is 4.99 Å². The first kappa shape index (κ1) is 40.6. The Morgan fingerprint density at radius 1 is 0.420 bits per heavy atom. The lowest BCUT2D eigenvalue weighted by Gasteiger charge is -2.21. The fourth-order valence-electron chi connectivity index (χ4n) is 5.28. The van der Waals surface area contributed by atoms with Gasteiger partial charge in [0.2, 0.25) is 0 Å². The third kappa shape index (κ3) is 8.53. The van der Waals surface area contributed by atoms with E-state index in [9.17, 15) is 65.9 Å². The van der Waals surface area contributed by atoms with Crippen LogP contribution in [0, 0.1) is 87.3 Å². The van der Waals surface area contributed by atoms with E-state index in [0.29, 0.717) is 0 Å². The summed E-state index contributed by atoms with van der Waals surface area (Å²) in [5.74, 6) is -44.0. The van der Waals surface area contributed by atoms with Gasteiger partial charge in [0, 0.05) is 29.4 Å². The van der Waals surface area contributed by atoms with Gasteiger partial charge in [0.1, 0.15) is 0 Å². The molecule has 0 aromatic heterocycles. The number of nitrogens with zero attached hydrogens (tertiary/aromatic N) is 1. The molecule has 0 fully saturated rings. The highest BCUT2D eigenvalue weighted by Crippen LogP contribution is 2.23. The van der Waals surface area contributed by atoms with Gasteiger partial charge in [-0.3, -0.25) is 4.99 Å². The smallest absolute Gasteiger partial charge is 0.265 e. The van der Waals surface area contributed by atoms with Gasteiger partial charge < -0.3 is 5.32 Å². The molecule has 1 aliphatic heterocycles. The Hall–Kier alpha value is -3.86. The molecule has 0 aliphatic carbocycles. The highest BCUT2D eigenvalue weighted by molar-refractivity contribution is 6.95. The van der Waals surface area contributed by atoms with Crippen molar-refractivity contribution in [3.8, 4) is 0 Å². The van der Waals surface area contributed by atoms with E-state index in [1.165, 1.54) is 70.0 Å². The average molecular weight is 736 g/mol. The first-order valence-corrected chi connectivity index (χ1v) is 15.4. The summed E-state index contributed by atoms with van der Waals surface area (Å²) in [6.45, 7) is 0.373. The Balaban J connectivity index is 0.000000354. The van der Waals surface area contributed by atoms with Gasteiger partial charge in [0.05, 0.1) is 12.4 Å². The van der Waals surface area contributed by atoms with Gasteiger partial charge in [-0.05, 0) is 6.42 Å². The van der Waals surface area contributed by atoms with Gasteiger partial charge in [-0.25, -0.2) is 65.9 Å². The number of unbranched alkanes of at least 4 members (excludes halogenated alkanes) is 8. The molecule has 4 rings (SSSR count). The van der Waals surface area contributed by atoms with E-state index in [1.54, 1.807) is 0 Å². The second-order valence-corrected chi connectivity index (χ2v) is 11.2. The predicted octanol–water partition coefficient (Wildman–Crippen LogP) is 8.20. The first-order valence-electron chi connectivity index (χ1n) is 15.4. The largest absolute Gasteiger partial charge is 0.372 e. The molecule has 0 saturated heterocycles. The maximum Gasteiger partial charge on any atom is 0.265 e. The second kappa shape index (κ2) is 17.9. The SMILES string of the molecule is CCCCCCCCCCCC1=NCCN1.Fc1c(F)c(F)c(B(c2c(F)c(F)c(F)c(F)c2F)c2c(F)c(F)c(F)c(F)c2F)c(F)c1F. The highest BCUT2D eigenvalue weighted by atomic mass is 19.2. The number of aliphatic imine (C=N–C) groups is 1. The van der Waals surface area contributed by atoms with Gasteiger partial charge in [-0.2, -0.15) is 0 Å². The maximum absolute atomic E-state index is 14.4. The van der Waals surface area contributed by atoms with Gasteiger partial charge in [-0.1, -0.05) is 58.3 Å². The number of nitrogens with one attached hydrogen (secondary N) is 1. The summed E-state index contributed by atoms with van der Waals surface area (Å²) in [6.07, 6.45) is 13.8. The standard InChI is InChI=1S/C18BF15.C14H28N2/c20-4-1(5(21)11(27)16(32)10(4)26)19(2-6(22)12(28)17(33)13(29)7(2)23)3-8(24)14(30)18(34)15(31)9(3)25;1-2-3-4-5-6-7-8-9-10-11-14-15-12-13-16-14/h;2-13H2,1H3,(H,15,16). The van der Waals surface area contributed by atoms with Gasteiger partial charge in [0.15, 0.2) is 87.3 Å². The van der Waals surface area contributed by atoms with Crippen molar-refractivity contribution in [2.45, 2.75) is 71.1 Å². The summed E-state index contributed by atoms with van der Waals surface area (Å²) in [5, 5.41) is 3.33. The summed E-state index contributed by atoms with van der Waals surface area (Å²) >= 11 is 0. The van der Waals surface area contributed by atoms with E-state index in [2.05, 4.69) is 17.2 Å². The predicted molar refractivity (Wildman–Crippen MR) is 156 cm³/mol. The van der Waals surface area contributed by atoms with Crippen LogP contribution in [0.2, 0.25) is 0 Å². The third-order valence-corrected chi connectivity index (χ3v) is 7.86. The molecular formula is C32H28BF15N2. The Bertz CT molecular complexity index is 1480. The summed E-state index contributed by atoms with van der Waals surface area (Å²) in [6, 6.07) is 0. The van der Waals surface area contributed by atoms with Gasteiger partial charge in [0.25, 0.3) is 6.71 Å². The zero-order valence-electron chi connectivity index (χ0n) is 26.2. The van der Waals surface area contributed by atoms with Crippen LogP contribution < -0.4 is 21.7 Å². The van der Waals surface area contributed by atoms with E-state index in [1.807, 2.05) is 0 Å². The molecule has 0 saturated carbocycles. The molecular weight excluding hydrogens is 708 g/mol. The molecule has 0 bridgehead atoms. The van der Waals surface area contributed by atoms with Crippen LogP contribution in [0.1, 0.15) is 71.1 Å². The van der Waals surface area contributed by atoms with Crippen LogP contribution in [0.3, 0.4) is 0 Å². The lowest BCUT2D eigenvalue weighted by atomic mass is 9.36. The minimum Gasteiger partial charge on any atom is -0.372 e. The van der Waals surface area contributed by atoms with Crippen molar-refractivity contribution in [3.05, 3.63) is 87.3 Å². The molecule has 0 unspecified atom stereocenters. The van der Waals surface area contributed by atoms with Crippen LogP contribution in [-0.2, 0) is 0 Å². The van der Waals surface area contributed by atoms with Gasteiger partial charge in [-0.15, -0.1) is 0 Å². The first-order chi connectivity index (χ1) is 23.6. The lowest BCUT2D eigenvalue weighted by Crippen LogP contribution is -2.60. The minimum atomic E-state index is -3.96.